The van der Waals surface area contributed by atoms with E-state index in [-0.39, 0.29) is 0 Å². The van der Waals surface area contributed by atoms with Gasteiger partial charge in [-0.25, -0.2) is 15.2 Å². The highest BCUT2D eigenvalue weighted by molar-refractivity contribution is 6.01. The van der Waals surface area contributed by atoms with E-state index in [0.717, 1.165) is 22.4 Å². The van der Waals surface area contributed by atoms with Gasteiger partial charge in [-0.1, -0.05) is 25.3 Å². The zero-order valence-electron chi connectivity index (χ0n) is 12.7. The largest absolute Gasteiger partial charge is 0.350 e. The number of carbonyl (C=O) groups excluding carboxylic acids is 1. The van der Waals surface area contributed by atoms with Crippen LogP contribution in [0, 0.1) is 0 Å². The molecule has 1 aliphatic carbocycles. The van der Waals surface area contributed by atoms with Gasteiger partial charge >= 0.3 is 6.03 Å². The van der Waals surface area contributed by atoms with Crippen LogP contribution in [0.1, 0.15) is 56.3 Å². The highest BCUT2D eigenvalue weighted by Gasteiger charge is 2.18. The molecule has 1 saturated carbocycles. The Hall–Kier alpha value is -2.37. The van der Waals surface area contributed by atoms with E-state index in [2.05, 4.69) is 15.5 Å². The molecule has 0 unspecified atom stereocenters. The van der Waals surface area contributed by atoms with Crippen molar-refractivity contribution >= 4 is 22.8 Å². The van der Waals surface area contributed by atoms with Crippen LogP contribution in [-0.2, 0) is 0 Å². The van der Waals surface area contributed by atoms with Gasteiger partial charge in [0.1, 0.15) is 5.82 Å². The molecule has 6 nitrogen and oxygen atoms in total. The summed E-state index contributed by atoms with van der Waals surface area (Å²) in [7, 11) is 0. The van der Waals surface area contributed by atoms with Gasteiger partial charge < -0.3 is 10.7 Å². The summed E-state index contributed by atoms with van der Waals surface area (Å²) in [6.07, 6.45) is 6.35. The second-order valence-electron chi connectivity index (χ2n) is 5.86. The molecule has 0 spiro atoms. The summed E-state index contributed by atoms with van der Waals surface area (Å²) in [5.41, 5.74) is 10.9. The Bertz CT molecular complexity index is 712. The summed E-state index contributed by atoms with van der Waals surface area (Å²) in [4.78, 5) is 18.9. The topological polar surface area (TPSA) is 96.2 Å². The summed E-state index contributed by atoms with van der Waals surface area (Å²) in [6.45, 7) is 1.83. The van der Waals surface area contributed by atoms with E-state index in [9.17, 15) is 4.79 Å². The van der Waals surface area contributed by atoms with Gasteiger partial charge in [-0.3, -0.25) is 0 Å². The van der Waals surface area contributed by atoms with Crippen LogP contribution >= 0.6 is 0 Å². The van der Waals surface area contributed by atoms with Crippen molar-refractivity contribution in [1.82, 2.24) is 15.4 Å². The number of carbonyl (C=O) groups is 1. The Morgan fingerprint density at radius 2 is 2.14 bits per heavy atom. The molecule has 0 aliphatic heterocycles. The molecule has 1 aliphatic rings. The number of nitrogens with two attached hydrogens (primary N) is 1. The van der Waals surface area contributed by atoms with E-state index >= 15 is 0 Å². The molecule has 2 amide bonds. The van der Waals surface area contributed by atoms with Crippen LogP contribution in [0.2, 0.25) is 0 Å². The number of benzene rings is 1. The monoisotopic (exact) mass is 299 g/mol. The molecule has 3 rings (SSSR count). The Labute approximate surface area is 129 Å². The maximum absolute atomic E-state index is 10.7. The first-order valence-corrected chi connectivity index (χ1v) is 7.73. The van der Waals surface area contributed by atoms with Gasteiger partial charge in [0.15, 0.2) is 0 Å². The molecule has 116 valence electrons. The first kappa shape index (κ1) is 14.6. The number of hydrogen-bond donors (Lipinski definition) is 3. The molecule has 0 radical (unpaired) electrons. The Morgan fingerprint density at radius 3 is 2.86 bits per heavy atom. The fraction of sp³-hybridized carbons (Fsp3) is 0.438. The number of urea groups is 1. The first-order chi connectivity index (χ1) is 10.6. The van der Waals surface area contributed by atoms with Crippen molar-refractivity contribution in [3.63, 3.8) is 0 Å². The molecule has 4 N–H and O–H groups in total. The minimum absolute atomic E-state index is 0.552. The number of nitrogens with one attached hydrogen (secondary N) is 2. The van der Waals surface area contributed by atoms with Crippen molar-refractivity contribution < 1.29 is 4.79 Å². The summed E-state index contributed by atoms with van der Waals surface area (Å²) in [5, 5.41) is 3.96. The van der Waals surface area contributed by atoms with Crippen molar-refractivity contribution in [2.45, 2.75) is 44.9 Å². The van der Waals surface area contributed by atoms with Crippen molar-refractivity contribution in [1.29, 1.82) is 0 Å². The van der Waals surface area contributed by atoms with Crippen molar-refractivity contribution in [2.75, 3.05) is 0 Å². The lowest BCUT2D eigenvalue weighted by Crippen LogP contribution is -2.25. The molecule has 6 heteroatoms. The minimum Gasteiger partial charge on any atom is -0.350 e. The van der Waals surface area contributed by atoms with Gasteiger partial charge in [-0.15, -0.1) is 0 Å². The third-order valence-corrected chi connectivity index (χ3v) is 4.24. The molecule has 0 atom stereocenters. The maximum Gasteiger partial charge on any atom is 0.332 e. The lowest BCUT2D eigenvalue weighted by atomic mass is 9.89. The van der Waals surface area contributed by atoms with E-state index in [0.29, 0.717) is 11.6 Å². The first-order valence-electron chi connectivity index (χ1n) is 7.73. The zero-order valence-corrected chi connectivity index (χ0v) is 12.7. The standard InChI is InChI=1S/C16H21N5O/c1-10(20-21-16(17)22)12-7-8-13-14(9-12)19-15(18-13)11-5-3-2-4-6-11/h7-9,11H,2-6H2,1H3,(H,18,19)(H3,17,21,22)/b20-10-. The molecule has 1 heterocycles. The number of aromatic amines is 1. The number of primary amides is 1. The van der Waals surface area contributed by atoms with E-state index in [1.807, 2.05) is 25.1 Å². The molecular weight excluding hydrogens is 278 g/mol. The number of fused-ring (bicyclic) bond motifs is 1. The van der Waals surface area contributed by atoms with Gasteiger partial charge in [0.2, 0.25) is 0 Å². The fourth-order valence-corrected chi connectivity index (χ4v) is 3.03. The van der Waals surface area contributed by atoms with Crippen molar-refractivity contribution in [3.8, 4) is 0 Å². The smallest absolute Gasteiger partial charge is 0.332 e. The zero-order chi connectivity index (χ0) is 15.5. The van der Waals surface area contributed by atoms with Crippen LogP contribution < -0.4 is 11.2 Å². The Kier molecular flexibility index (Phi) is 4.09. The molecule has 1 aromatic carbocycles. The lowest BCUT2D eigenvalue weighted by Gasteiger charge is -2.18. The quantitative estimate of drug-likeness (QED) is 0.600. The van der Waals surface area contributed by atoms with Gasteiger partial charge in [0.05, 0.1) is 16.7 Å². The van der Waals surface area contributed by atoms with Crippen LogP contribution in [0.25, 0.3) is 11.0 Å². The molecule has 22 heavy (non-hydrogen) atoms. The summed E-state index contributed by atoms with van der Waals surface area (Å²) in [5.74, 6) is 1.65. The summed E-state index contributed by atoms with van der Waals surface area (Å²) < 4.78 is 0. The highest BCUT2D eigenvalue weighted by atomic mass is 16.2. The summed E-state index contributed by atoms with van der Waals surface area (Å²) in [6, 6.07) is 5.28. The molecule has 1 aromatic heterocycles. The average Bonchev–Trinajstić information content (AvgIpc) is 2.96. The fourth-order valence-electron chi connectivity index (χ4n) is 3.03. The number of nitrogens with zero attached hydrogens (tertiary/aromatic N) is 2. The number of aromatic nitrogens is 2. The van der Waals surface area contributed by atoms with Crippen LogP contribution in [0.4, 0.5) is 4.79 Å². The number of imidazole rings is 1. The van der Waals surface area contributed by atoms with Crippen LogP contribution in [0.15, 0.2) is 23.3 Å². The Morgan fingerprint density at radius 1 is 1.36 bits per heavy atom. The van der Waals surface area contributed by atoms with Crippen LogP contribution in [0.3, 0.4) is 0 Å². The predicted octanol–water partition coefficient (Wildman–Crippen LogP) is 3.00. The number of H-pyrrole nitrogens is 1. The molecule has 0 saturated heterocycles. The summed E-state index contributed by atoms with van der Waals surface area (Å²) >= 11 is 0. The third kappa shape index (κ3) is 3.10. The van der Waals surface area contributed by atoms with Crippen LogP contribution in [-0.4, -0.2) is 21.7 Å². The maximum atomic E-state index is 10.7. The second kappa shape index (κ2) is 6.17. The van der Waals surface area contributed by atoms with Gasteiger partial charge in [-0.2, -0.15) is 5.10 Å². The third-order valence-electron chi connectivity index (χ3n) is 4.24. The average molecular weight is 299 g/mol. The molecular formula is C16H21N5O. The molecule has 2 aromatic rings. The number of hydrazone groups is 1. The van der Waals surface area contributed by atoms with Gasteiger partial charge in [0.25, 0.3) is 0 Å². The van der Waals surface area contributed by atoms with Crippen molar-refractivity contribution in [3.05, 3.63) is 29.6 Å². The lowest BCUT2D eigenvalue weighted by molar-refractivity contribution is 0.249. The SMILES string of the molecule is C/C(=N/NC(N)=O)c1ccc2nc(C3CCCCC3)[nH]c2c1. The van der Waals surface area contributed by atoms with E-state index in [4.69, 9.17) is 10.7 Å². The van der Waals surface area contributed by atoms with Crippen LogP contribution in [0.5, 0.6) is 0 Å². The van der Waals surface area contributed by atoms with Gasteiger partial charge in [0, 0.05) is 5.92 Å². The highest BCUT2D eigenvalue weighted by Crippen LogP contribution is 2.32. The number of rotatable bonds is 3. The predicted molar refractivity (Wildman–Crippen MR) is 86.8 cm³/mol. The van der Waals surface area contributed by atoms with Gasteiger partial charge in [-0.05, 0) is 37.5 Å². The molecule has 0 bridgehead atoms. The second-order valence-corrected chi connectivity index (χ2v) is 5.86. The number of amides is 2. The Balaban J connectivity index is 1.86. The van der Waals surface area contributed by atoms with E-state index in [1.54, 1.807) is 0 Å². The van der Waals surface area contributed by atoms with E-state index in [1.165, 1.54) is 32.1 Å². The van der Waals surface area contributed by atoms with E-state index < -0.39 is 6.03 Å². The normalized spacial score (nSPS) is 16.9. The minimum atomic E-state index is -0.665. The molecule has 1 fully saturated rings. The number of hydrogen-bond acceptors (Lipinski definition) is 3. The van der Waals surface area contributed by atoms with Crippen molar-refractivity contribution in [2.24, 2.45) is 10.8 Å².